The molecule has 1 rings (SSSR count). The number of para-hydroxylation sites is 1. The number of aromatic hydroxyl groups is 1. The summed E-state index contributed by atoms with van der Waals surface area (Å²) in [7, 11) is 0. The van der Waals surface area contributed by atoms with Crippen molar-refractivity contribution in [2.45, 2.75) is 19.1 Å². The molecule has 0 saturated heterocycles. The summed E-state index contributed by atoms with van der Waals surface area (Å²) in [4.78, 5) is 0. The van der Waals surface area contributed by atoms with Crippen LogP contribution in [0.5, 0.6) is 5.75 Å². The predicted octanol–water partition coefficient (Wildman–Crippen LogP) is 0.806. The van der Waals surface area contributed by atoms with Gasteiger partial charge in [0, 0.05) is 5.56 Å². The second-order valence-corrected chi connectivity index (χ2v) is 2.74. The molecule has 3 nitrogen and oxygen atoms in total. The predicted molar refractivity (Wildman–Crippen MR) is 44.7 cm³/mol. The maximum atomic E-state index is 9.37. The van der Waals surface area contributed by atoms with E-state index in [9.17, 15) is 10.2 Å². The minimum Gasteiger partial charge on any atom is -0.508 e. The molecule has 1 aromatic carbocycles. The topological polar surface area (TPSA) is 60.7 Å². The van der Waals surface area contributed by atoms with Gasteiger partial charge in [-0.15, -0.1) is 0 Å². The zero-order valence-corrected chi connectivity index (χ0v) is 6.81. The van der Waals surface area contributed by atoms with Crippen molar-refractivity contribution in [3.8, 4) is 5.75 Å². The Morgan fingerprint density at radius 1 is 1.17 bits per heavy atom. The summed E-state index contributed by atoms with van der Waals surface area (Å²) in [6.45, 7) is 1.47. The normalized spacial score (nSPS) is 15.6. The molecule has 0 saturated carbocycles. The van der Waals surface area contributed by atoms with Crippen molar-refractivity contribution < 1.29 is 15.3 Å². The smallest absolute Gasteiger partial charge is 0.121 e. The first kappa shape index (κ1) is 9.03. The molecule has 0 aromatic heterocycles. The fourth-order valence-electron chi connectivity index (χ4n) is 0.997. The SMILES string of the molecule is C[C@@H](O)[C@H](O)c1ccccc1O. The number of hydrogen-bond acceptors (Lipinski definition) is 3. The van der Waals surface area contributed by atoms with Gasteiger partial charge in [0.25, 0.3) is 0 Å². The molecule has 0 aliphatic rings. The molecule has 0 radical (unpaired) electrons. The third-order valence-corrected chi connectivity index (χ3v) is 1.71. The highest BCUT2D eigenvalue weighted by Crippen LogP contribution is 2.25. The van der Waals surface area contributed by atoms with E-state index in [1.807, 2.05) is 0 Å². The second kappa shape index (κ2) is 3.56. The highest BCUT2D eigenvalue weighted by Gasteiger charge is 2.16. The molecule has 2 atom stereocenters. The molecular formula is C9H12O3. The van der Waals surface area contributed by atoms with Gasteiger partial charge in [-0.3, -0.25) is 0 Å². The number of hydrogen-bond donors (Lipinski definition) is 3. The van der Waals surface area contributed by atoms with Gasteiger partial charge in [-0.2, -0.15) is 0 Å². The zero-order valence-electron chi connectivity index (χ0n) is 6.81. The van der Waals surface area contributed by atoms with Crippen LogP contribution in [0.15, 0.2) is 24.3 Å². The molecule has 0 amide bonds. The van der Waals surface area contributed by atoms with Gasteiger partial charge in [0.2, 0.25) is 0 Å². The van der Waals surface area contributed by atoms with Gasteiger partial charge in [0.15, 0.2) is 0 Å². The number of aliphatic hydroxyl groups is 2. The van der Waals surface area contributed by atoms with Crippen LogP contribution in [0.1, 0.15) is 18.6 Å². The van der Waals surface area contributed by atoms with Gasteiger partial charge >= 0.3 is 0 Å². The number of aliphatic hydroxyl groups excluding tert-OH is 2. The summed E-state index contributed by atoms with van der Waals surface area (Å²) in [5.41, 5.74) is 0.354. The minimum atomic E-state index is -1.02. The Morgan fingerprint density at radius 2 is 1.75 bits per heavy atom. The van der Waals surface area contributed by atoms with Crippen LogP contribution in [-0.4, -0.2) is 21.4 Å². The van der Waals surface area contributed by atoms with E-state index in [1.54, 1.807) is 18.2 Å². The number of benzene rings is 1. The Hall–Kier alpha value is -1.06. The molecule has 0 aliphatic carbocycles. The molecule has 0 bridgehead atoms. The van der Waals surface area contributed by atoms with E-state index in [4.69, 9.17) is 5.11 Å². The van der Waals surface area contributed by atoms with E-state index in [-0.39, 0.29) is 5.75 Å². The first-order valence-corrected chi connectivity index (χ1v) is 3.77. The lowest BCUT2D eigenvalue weighted by Gasteiger charge is -2.14. The van der Waals surface area contributed by atoms with E-state index >= 15 is 0 Å². The van der Waals surface area contributed by atoms with Crippen LogP contribution in [0.25, 0.3) is 0 Å². The monoisotopic (exact) mass is 168 g/mol. The second-order valence-electron chi connectivity index (χ2n) is 2.74. The van der Waals surface area contributed by atoms with Crippen molar-refractivity contribution >= 4 is 0 Å². The Kier molecular flexibility index (Phi) is 2.68. The first-order chi connectivity index (χ1) is 5.63. The molecule has 3 N–H and O–H groups in total. The number of rotatable bonds is 2. The van der Waals surface area contributed by atoms with Crippen molar-refractivity contribution in [3.05, 3.63) is 29.8 Å². The maximum Gasteiger partial charge on any atom is 0.121 e. The molecule has 0 aliphatic heterocycles. The summed E-state index contributed by atoms with van der Waals surface area (Å²) < 4.78 is 0. The van der Waals surface area contributed by atoms with Crippen LogP contribution in [0.3, 0.4) is 0 Å². The van der Waals surface area contributed by atoms with E-state index < -0.39 is 12.2 Å². The van der Waals surface area contributed by atoms with Gasteiger partial charge in [0.05, 0.1) is 6.10 Å². The summed E-state index contributed by atoms with van der Waals surface area (Å²) in [6.07, 6.45) is -1.90. The lowest BCUT2D eigenvalue weighted by Crippen LogP contribution is -2.13. The lowest BCUT2D eigenvalue weighted by atomic mass is 10.0. The maximum absolute atomic E-state index is 9.37. The van der Waals surface area contributed by atoms with Crippen LogP contribution in [0.4, 0.5) is 0 Å². The van der Waals surface area contributed by atoms with Crippen LogP contribution in [0, 0.1) is 0 Å². The standard InChI is InChI=1S/C9H12O3/c1-6(10)9(12)7-4-2-3-5-8(7)11/h2-6,9-12H,1H3/t6-,9+/m1/s1. The van der Waals surface area contributed by atoms with Crippen LogP contribution >= 0.6 is 0 Å². The summed E-state index contributed by atoms with van der Waals surface area (Å²) in [5, 5.41) is 27.7. The van der Waals surface area contributed by atoms with Crippen molar-refractivity contribution in [1.29, 1.82) is 0 Å². The highest BCUT2D eigenvalue weighted by molar-refractivity contribution is 5.33. The van der Waals surface area contributed by atoms with E-state index in [0.717, 1.165) is 0 Å². The molecule has 0 spiro atoms. The lowest BCUT2D eigenvalue weighted by molar-refractivity contribution is 0.0291. The summed E-state index contributed by atoms with van der Waals surface area (Å²) in [5.74, 6) is 0.00546. The fraction of sp³-hybridized carbons (Fsp3) is 0.333. The third kappa shape index (κ3) is 1.75. The minimum absolute atomic E-state index is 0.00546. The molecule has 12 heavy (non-hydrogen) atoms. The average molecular weight is 168 g/mol. The van der Waals surface area contributed by atoms with Gasteiger partial charge < -0.3 is 15.3 Å². The average Bonchev–Trinajstić information content (AvgIpc) is 2.04. The summed E-state index contributed by atoms with van der Waals surface area (Å²) >= 11 is 0. The van der Waals surface area contributed by atoms with Crippen LogP contribution in [-0.2, 0) is 0 Å². The van der Waals surface area contributed by atoms with Crippen molar-refractivity contribution in [1.82, 2.24) is 0 Å². The first-order valence-electron chi connectivity index (χ1n) is 3.77. The fourth-order valence-corrected chi connectivity index (χ4v) is 0.997. The summed E-state index contributed by atoms with van der Waals surface area (Å²) in [6, 6.07) is 6.40. The Balaban J connectivity index is 2.94. The molecule has 1 aromatic rings. The van der Waals surface area contributed by atoms with Crippen LogP contribution in [0.2, 0.25) is 0 Å². The molecule has 3 heteroatoms. The van der Waals surface area contributed by atoms with Crippen molar-refractivity contribution in [2.24, 2.45) is 0 Å². The van der Waals surface area contributed by atoms with Gasteiger partial charge in [-0.05, 0) is 13.0 Å². The zero-order chi connectivity index (χ0) is 9.14. The van der Waals surface area contributed by atoms with Crippen LogP contribution < -0.4 is 0 Å². The van der Waals surface area contributed by atoms with E-state index in [1.165, 1.54) is 13.0 Å². The Bertz CT molecular complexity index is 258. The largest absolute Gasteiger partial charge is 0.508 e. The quantitative estimate of drug-likeness (QED) is 0.612. The van der Waals surface area contributed by atoms with Gasteiger partial charge in [0.1, 0.15) is 11.9 Å². The molecule has 0 unspecified atom stereocenters. The van der Waals surface area contributed by atoms with Crippen molar-refractivity contribution in [3.63, 3.8) is 0 Å². The van der Waals surface area contributed by atoms with E-state index in [2.05, 4.69) is 0 Å². The van der Waals surface area contributed by atoms with Crippen molar-refractivity contribution in [2.75, 3.05) is 0 Å². The molecule has 0 fully saturated rings. The Morgan fingerprint density at radius 3 is 2.25 bits per heavy atom. The van der Waals surface area contributed by atoms with Gasteiger partial charge in [-0.1, -0.05) is 18.2 Å². The third-order valence-electron chi connectivity index (χ3n) is 1.71. The van der Waals surface area contributed by atoms with E-state index in [0.29, 0.717) is 5.56 Å². The number of phenolic OH excluding ortho intramolecular Hbond substituents is 1. The molecule has 0 heterocycles. The highest BCUT2D eigenvalue weighted by atomic mass is 16.3. The molecular weight excluding hydrogens is 156 g/mol. The van der Waals surface area contributed by atoms with Gasteiger partial charge in [-0.25, -0.2) is 0 Å². The Labute approximate surface area is 70.9 Å². The molecule has 66 valence electrons. The number of phenols is 1.